The molecule has 21 heavy (non-hydrogen) atoms. The van der Waals surface area contributed by atoms with Crippen LogP contribution >= 0.6 is 0 Å². The van der Waals surface area contributed by atoms with Gasteiger partial charge in [0.2, 0.25) is 5.91 Å². The number of rotatable bonds is 4. The third kappa shape index (κ3) is 3.00. The van der Waals surface area contributed by atoms with Gasteiger partial charge in [0.25, 0.3) is 5.91 Å². The number of amides is 2. The summed E-state index contributed by atoms with van der Waals surface area (Å²) in [5.41, 5.74) is 0.672. The average molecular weight is 286 g/mol. The van der Waals surface area contributed by atoms with Crippen molar-refractivity contribution in [2.45, 2.75) is 38.6 Å². The summed E-state index contributed by atoms with van der Waals surface area (Å²) in [4.78, 5) is 25.9. The largest absolute Gasteiger partial charge is 0.305 e. The number of hydrogen-bond donors (Lipinski definition) is 1. The lowest BCUT2D eigenvalue weighted by atomic mass is 10.1. The molecule has 3 unspecified atom stereocenters. The van der Waals surface area contributed by atoms with Crippen molar-refractivity contribution in [3.63, 3.8) is 0 Å². The minimum absolute atomic E-state index is 0.108. The highest BCUT2D eigenvalue weighted by molar-refractivity contribution is 6.22. The van der Waals surface area contributed by atoms with Crippen molar-refractivity contribution in [1.29, 1.82) is 0 Å². The molecule has 0 bridgehead atoms. The fourth-order valence-corrected chi connectivity index (χ4v) is 3.46. The summed E-state index contributed by atoms with van der Waals surface area (Å²) in [7, 11) is 0. The second-order valence-corrected chi connectivity index (χ2v) is 6.35. The summed E-state index contributed by atoms with van der Waals surface area (Å²) >= 11 is 0. The van der Waals surface area contributed by atoms with Gasteiger partial charge < -0.3 is 5.32 Å². The number of nitrogens with one attached hydrogen (secondary N) is 1. The van der Waals surface area contributed by atoms with Crippen molar-refractivity contribution in [2.24, 2.45) is 11.8 Å². The Labute approximate surface area is 125 Å². The number of nitrogens with zero attached hydrogens (tertiary/aromatic N) is 1. The first kappa shape index (κ1) is 14.3. The van der Waals surface area contributed by atoms with E-state index >= 15 is 0 Å². The number of carbonyl (C=O) groups excluding carboxylic acids is 2. The van der Waals surface area contributed by atoms with E-state index in [1.165, 1.54) is 24.2 Å². The van der Waals surface area contributed by atoms with Gasteiger partial charge in [0.1, 0.15) is 0 Å². The Morgan fingerprint density at radius 1 is 1.19 bits per heavy atom. The lowest BCUT2D eigenvalue weighted by molar-refractivity contribution is -0.121. The van der Waals surface area contributed by atoms with Crippen LogP contribution in [0.25, 0.3) is 0 Å². The van der Waals surface area contributed by atoms with Gasteiger partial charge in [-0.2, -0.15) is 0 Å². The van der Waals surface area contributed by atoms with Crippen LogP contribution in [-0.4, -0.2) is 24.4 Å². The highest BCUT2D eigenvalue weighted by Gasteiger charge is 2.39. The highest BCUT2D eigenvalue weighted by Crippen LogP contribution is 2.30. The van der Waals surface area contributed by atoms with Gasteiger partial charge in [-0.15, -0.1) is 0 Å². The molecule has 1 saturated heterocycles. The van der Waals surface area contributed by atoms with Gasteiger partial charge >= 0.3 is 0 Å². The minimum atomic E-state index is -0.353. The lowest BCUT2D eigenvalue weighted by Gasteiger charge is -2.17. The second-order valence-electron chi connectivity index (χ2n) is 6.35. The Balaban J connectivity index is 1.61. The van der Waals surface area contributed by atoms with Gasteiger partial charge in [0.15, 0.2) is 0 Å². The van der Waals surface area contributed by atoms with E-state index in [9.17, 15) is 9.59 Å². The Bertz CT molecular complexity index is 529. The van der Waals surface area contributed by atoms with Gasteiger partial charge in [0, 0.05) is 0 Å². The smallest absolute Gasteiger partial charge is 0.251 e. The predicted octanol–water partition coefficient (Wildman–Crippen LogP) is 2.34. The van der Waals surface area contributed by atoms with E-state index in [2.05, 4.69) is 12.2 Å². The topological polar surface area (TPSA) is 49.4 Å². The molecule has 0 radical (unpaired) electrons. The van der Waals surface area contributed by atoms with Gasteiger partial charge in [0.05, 0.1) is 18.2 Å². The summed E-state index contributed by atoms with van der Waals surface area (Å²) in [6.07, 6.45) is 4.01. The fraction of sp³-hybridized carbons (Fsp3) is 0.529. The molecule has 1 aliphatic heterocycles. The molecule has 2 fully saturated rings. The van der Waals surface area contributed by atoms with E-state index in [-0.39, 0.29) is 24.3 Å². The SMILES string of the molecule is CC1CCC(CNC2CC(=O)N(c3ccccc3)C2=O)C1. The summed E-state index contributed by atoms with van der Waals surface area (Å²) in [5, 5.41) is 3.31. The molecule has 0 spiro atoms. The maximum Gasteiger partial charge on any atom is 0.251 e. The first-order valence-electron chi connectivity index (χ1n) is 7.80. The first-order valence-corrected chi connectivity index (χ1v) is 7.80. The summed E-state index contributed by atoms with van der Waals surface area (Å²) in [6, 6.07) is 8.82. The quantitative estimate of drug-likeness (QED) is 0.864. The number of benzene rings is 1. The maximum absolute atomic E-state index is 12.4. The second kappa shape index (κ2) is 5.98. The Hall–Kier alpha value is -1.68. The van der Waals surface area contributed by atoms with E-state index < -0.39 is 0 Å². The van der Waals surface area contributed by atoms with Crippen molar-refractivity contribution in [3.8, 4) is 0 Å². The molecule has 2 amide bonds. The molecule has 3 atom stereocenters. The van der Waals surface area contributed by atoms with Gasteiger partial charge in [-0.25, -0.2) is 4.90 Å². The molecule has 112 valence electrons. The minimum Gasteiger partial charge on any atom is -0.305 e. The van der Waals surface area contributed by atoms with Crippen molar-refractivity contribution < 1.29 is 9.59 Å². The zero-order chi connectivity index (χ0) is 14.8. The van der Waals surface area contributed by atoms with E-state index in [1.807, 2.05) is 18.2 Å². The van der Waals surface area contributed by atoms with Crippen molar-refractivity contribution in [2.75, 3.05) is 11.4 Å². The molecule has 1 aliphatic carbocycles. The standard InChI is InChI=1S/C17H22N2O2/c1-12-7-8-13(9-12)11-18-15-10-16(20)19(17(15)21)14-5-3-2-4-6-14/h2-6,12-13,15,18H,7-11H2,1H3. The van der Waals surface area contributed by atoms with Crippen LogP contribution in [0, 0.1) is 11.8 Å². The Kier molecular flexibility index (Phi) is 4.06. The maximum atomic E-state index is 12.4. The van der Waals surface area contributed by atoms with Crippen LogP contribution in [0.4, 0.5) is 5.69 Å². The van der Waals surface area contributed by atoms with Crippen LogP contribution in [-0.2, 0) is 9.59 Å². The molecule has 1 N–H and O–H groups in total. The Morgan fingerprint density at radius 2 is 1.95 bits per heavy atom. The molecule has 2 aliphatic rings. The number of anilines is 1. The van der Waals surface area contributed by atoms with Crippen molar-refractivity contribution in [1.82, 2.24) is 5.32 Å². The van der Waals surface area contributed by atoms with Gasteiger partial charge in [-0.05, 0) is 43.4 Å². The van der Waals surface area contributed by atoms with E-state index in [0.717, 1.165) is 12.5 Å². The van der Waals surface area contributed by atoms with Crippen LogP contribution in [0.2, 0.25) is 0 Å². The van der Waals surface area contributed by atoms with Gasteiger partial charge in [-0.3, -0.25) is 9.59 Å². The molecule has 1 saturated carbocycles. The van der Waals surface area contributed by atoms with Crippen molar-refractivity contribution >= 4 is 17.5 Å². The molecule has 1 aromatic carbocycles. The van der Waals surface area contributed by atoms with Crippen LogP contribution in [0.5, 0.6) is 0 Å². The summed E-state index contributed by atoms with van der Waals surface area (Å²) < 4.78 is 0. The molecule has 3 rings (SSSR count). The first-order chi connectivity index (χ1) is 10.1. The molecule has 1 aromatic rings. The molecular formula is C17H22N2O2. The Morgan fingerprint density at radius 3 is 2.62 bits per heavy atom. The van der Waals surface area contributed by atoms with Crippen LogP contribution in [0.3, 0.4) is 0 Å². The zero-order valence-electron chi connectivity index (χ0n) is 12.4. The number of carbonyl (C=O) groups is 2. The van der Waals surface area contributed by atoms with Crippen LogP contribution in [0.1, 0.15) is 32.6 Å². The molecule has 4 nitrogen and oxygen atoms in total. The predicted molar refractivity (Wildman–Crippen MR) is 81.8 cm³/mol. The number of imide groups is 1. The average Bonchev–Trinajstić information content (AvgIpc) is 3.01. The molecular weight excluding hydrogens is 264 g/mol. The van der Waals surface area contributed by atoms with E-state index in [0.29, 0.717) is 11.6 Å². The fourth-order valence-electron chi connectivity index (χ4n) is 3.46. The van der Waals surface area contributed by atoms with Gasteiger partial charge in [-0.1, -0.05) is 31.5 Å². The summed E-state index contributed by atoms with van der Waals surface area (Å²) in [6.45, 7) is 3.12. The monoisotopic (exact) mass is 286 g/mol. The van der Waals surface area contributed by atoms with Crippen LogP contribution < -0.4 is 10.2 Å². The van der Waals surface area contributed by atoms with Crippen LogP contribution in [0.15, 0.2) is 30.3 Å². The van der Waals surface area contributed by atoms with E-state index in [1.54, 1.807) is 12.1 Å². The number of para-hydroxylation sites is 1. The third-order valence-corrected chi connectivity index (χ3v) is 4.62. The molecule has 1 heterocycles. The highest BCUT2D eigenvalue weighted by atomic mass is 16.2. The zero-order valence-corrected chi connectivity index (χ0v) is 12.4. The third-order valence-electron chi connectivity index (χ3n) is 4.62. The summed E-state index contributed by atoms with van der Waals surface area (Å²) in [5.74, 6) is 1.22. The number of hydrogen-bond acceptors (Lipinski definition) is 3. The normalized spacial score (nSPS) is 29.4. The molecule has 4 heteroatoms. The van der Waals surface area contributed by atoms with E-state index in [4.69, 9.17) is 0 Å². The van der Waals surface area contributed by atoms with Crippen molar-refractivity contribution in [3.05, 3.63) is 30.3 Å². The lowest BCUT2D eigenvalue weighted by Crippen LogP contribution is -2.40. The molecule has 0 aromatic heterocycles.